The summed E-state index contributed by atoms with van der Waals surface area (Å²) in [5.74, 6) is -0.953. The summed E-state index contributed by atoms with van der Waals surface area (Å²) in [5.41, 5.74) is 8.93. The molecule has 0 unspecified atom stereocenters. The second-order valence-electron chi connectivity index (χ2n) is 7.54. The summed E-state index contributed by atoms with van der Waals surface area (Å²) in [6, 6.07) is 23.0. The van der Waals surface area contributed by atoms with E-state index in [1.54, 1.807) is 6.08 Å². The summed E-state index contributed by atoms with van der Waals surface area (Å²) in [4.78, 5) is 10.8. The van der Waals surface area contributed by atoms with Gasteiger partial charge in [0, 0.05) is 11.5 Å². The zero-order chi connectivity index (χ0) is 21.8. The number of nitrogens with zero attached hydrogens (tertiary/aromatic N) is 1. The maximum absolute atomic E-state index is 10.8. The quantitative estimate of drug-likeness (QED) is 0.289. The molecule has 0 bridgehead atoms. The molecule has 4 aromatic rings. The van der Waals surface area contributed by atoms with Crippen molar-refractivity contribution >= 4 is 34.1 Å². The highest BCUT2D eigenvalue weighted by molar-refractivity contribution is 6.00. The molecule has 4 heteroatoms. The Kier molecular flexibility index (Phi) is 5.80. The molecule has 1 heterocycles. The molecule has 0 aliphatic carbocycles. The number of carboxylic acids is 1. The minimum Gasteiger partial charge on any atom is -0.478 e. The van der Waals surface area contributed by atoms with Crippen molar-refractivity contribution in [2.75, 3.05) is 0 Å². The molecule has 2 N–H and O–H groups in total. The van der Waals surface area contributed by atoms with Crippen LogP contribution in [0.1, 0.15) is 41.2 Å². The van der Waals surface area contributed by atoms with Gasteiger partial charge in [-0.3, -0.25) is 5.10 Å². The fourth-order valence-electron chi connectivity index (χ4n) is 3.82. The van der Waals surface area contributed by atoms with Crippen molar-refractivity contribution in [3.8, 4) is 0 Å². The number of H-pyrrole nitrogens is 1. The van der Waals surface area contributed by atoms with Crippen molar-refractivity contribution in [2.45, 2.75) is 20.3 Å². The molecule has 4 nitrogen and oxygen atoms in total. The molecule has 0 saturated heterocycles. The highest BCUT2D eigenvalue weighted by Gasteiger charge is 2.14. The predicted octanol–water partition coefficient (Wildman–Crippen LogP) is 6.34. The maximum Gasteiger partial charge on any atom is 0.328 e. The number of carbonyl (C=O) groups is 1. The Hall–Kier alpha value is -3.92. The van der Waals surface area contributed by atoms with Gasteiger partial charge < -0.3 is 5.11 Å². The first-order valence-corrected chi connectivity index (χ1v) is 10.3. The third-order valence-corrected chi connectivity index (χ3v) is 5.40. The first kappa shape index (κ1) is 20.4. The van der Waals surface area contributed by atoms with Gasteiger partial charge in [-0.25, -0.2) is 4.79 Å². The van der Waals surface area contributed by atoms with E-state index >= 15 is 0 Å². The number of allylic oxidation sites excluding steroid dienone is 1. The van der Waals surface area contributed by atoms with Crippen molar-refractivity contribution in [3.05, 3.63) is 107 Å². The number of benzene rings is 3. The van der Waals surface area contributed by atoms with Crippen LogP contribution in [0.5, 0.6) is 0 Å². The van der Waals surface area contributed by atoms with Gasteiger partial charge in [0.2, 0.25) is 0 Å². The van der Waals surface area contributed by atoms with E-state index < -0.39 is 5.97 Å². The SMILES string of the molecule is CCC(=C(c1ccc(/C=C/C(=O)O)cc1)c1ccc2[nH]ncc2c1)c1ccc(C)cc1. The maximum atomic E-state index is 10.8. The lowest BCUT2D eigenvalue weighted by atomic mass is 9.87. The van der Waals surface area contributed by atoms with Crippen molar-refractivity contribution in [2.24, 2.45) is 0 Å². The molecular weight excluding hydrogens is 384 g/mol. The van der Waals surface area contributed by atoms with Crippen LogP contribution in [0.15, 0.2) is 79.0 Å². The van der Waals surface area contributed by atoms with Crippen LogP contribution in [0, 0.1) is 6.92 Å². The predicted molar refractivity (Wildman–Crippen MR) is 127 cm³/mol. The van der Waals surface area contributed by atoms with E-state index in [1.165, 1.54) is 22.3 Å². The van der Waals surface area contributed by atoms with Gasteiger partial charge in [0.25, 0.3) is 0 Å². The van der Waals surface area contributed by atoms with Gasteiger partial charge in [0.05, 0.1) is 11.7 Å². The molecule has 0 fully saturated rings. The smallest absolute Gasteiger partial charge is 0.328 e. The van der Waals surface area contributed by atoms with E-state index in [0.29, 0.717) is 0 Å². The van der Waals surface area contributed by atoms with Gasteiger partial charge in [-0.15, -0.1) is 0 Å². The van der Waals surface area contributed by atoms with Crippen LogP contribution in [0.3, 0.4) is 0 Å². The van der Waals surface area contributed by atoms with E-state index in [4.69, 9.17) is 5.11 Å². The molecule has 31 heavy (non-hydrogen) atoms. The second-order valence-corrected chi connectivity index (χ2v) is 7.54. The summed E-state index contributed by atoms with van der Waals surface area (Å²) in [7, 11) is 0. The fraction of sp³-hybridized carbons (Fsp3) is 0.111. The minimum atomic E-state index is -0.953. The number of aliphatic carboxylic acids is 1. The summed E-state index contributed by atoms with van der Waals surface area (Å²) in [6.45, 7) is 4.27. The van der Waals surface area contributed by atoms with Crippen LogP contribution >= 0.6 is 0 Å². The van der Waals surface area contributed by atoms with Gasteiger partial charge in [0.1, 0.15) is 0 Å². The molecule has 0 saturated carbocycles. The van der Waals surface area contributed by atoms with Crippen LogP contribution in [0.25, 0.3) is 28.1 Å². The molecule has 0 aliphatic heterocycles. The molecule has 0 amide bonds. The summed E-state index contributed by atoms with van der Waals surface area (Å²) in [5, 5.41) is 17.1. The van der Waals surface area contributed by atoms with Crippen molar-refractivity contribution < 1.29 is 9.90 Å². The largest absolute Gasteiger partial charge is 0.478 e. The molecule has 154 valence electrons. The van der Waals surface area contributed by atoms with Gasteiger partial charge in [-0.05, 0) is 65.0 Å². The lowest BCUT2D eigenvalue weighted by Gasteiger charge is -2.17. The standard InChI is InChI=1S/C27H24N2O2/c1-3-24(20-9-4-18(2)5-10-20)27(22-13-14-25-23(16-22)17-28-29-25)21-11-6-19(7-12-21)8-15-26(30)31/h4-17H,3H2,1-2H3,(H,28,29)(H,30,31)/b15-8+,27-24?. The van der Waals surface area contributed by atoms with E-state index in [-0.39, 0.29) is 0 Å². The average Bonchev–Trinajstić information content (AvgIpc) is 3.25. The van der Waals surface area contributed by atoms with Crippen molar-refractivity contribution in [1.82, 2.24) is 10.2 Å². The topological polar surface area (TPSA) is 66.0 Å². The van der Waals surface area contributed by atoms with Crippen LogP contribution in [0.2, 0.25) is 0 Å². The highest BCUT2D eigenvalue weighted by Crippen LogP contribution is 2.35. The Morgan fingerprint density at radius 2 is 1.65 bits per heavy atom. The van der Waals surface area contributed by atoms with E-state index in [9.17, 15) is 4.79 Å². The van der Waals surface area contributed by atoms with Crippen molar-refractivity contribution in [1.29, 1.82) is 0 Å². The monoisotopic (exact) mass is 408 g/mol. The normalized spacial score (nSPS) is 12.3. The first-order chi connectivity index (χ1) is 15.0. The van der Waals surface area contributed by atoms with Gasteiger partial charge in [0.15, 0.2) is 0 Å². The molecule has 4 rings (SSSR count). The van der Waals surface area contributed by atoms with Crippen LogP contribution in [-0.2, 0) is 4.79 Å². The molecule has 3 aromatic carbocycles. The summed E-state index contributed by atoms with van der Waals surface area (Å²) >= 11 is 0. The lowest BCUT2D eigenvalue weighted by molar-refractivity contribution is -0.131. The molecule has 0 atom stereocenters. The Morgan fingerprint density at radius 3 is 2.32 bits per heavy atom. The number of rotatable bonds is 6. The summed E-state index contributed by atoms with van der Waals surface area (Å²) in [6.07, 6.45) is 5.48. The number of fused-ring (bicyclic) bond motifs is 1. The first-order valence-electron chi connectivity index (χ1n) is 10.3. The Morgan fingerprint density at radius 1 is 0.968 bits per heavy atom. The number of aromatic amines is 1. The zero-order valence-corrected chi connectivity index (χ0v) is 17.6. The van der Waals surface area contributed by atoms with Crippen LogP contribution < -0.4 is 0 Å². The minimum absolute atomic E-state index is 0.851. The number of hydrogen-bond acceptors (Lipinski definition) is 2. The zero-order valence-electron chi connectivity index (χ0n) is 17.6. The second kappa shape index (κ2) is 8.84. The molecule has 0 radical (unpaired) electrons. The van der Waals surface area contributed by atoms with E-state index in [2.05, 4.69) is 78.6 Å². The molecule has 0 spiro atoms. The van der Waals surface area contributed by atoms with Crippen LogP contribution in [0.4, 0.5) is 0 Å². The third kappa shape index (κ3) is 4.48. The van der Waals surface area contributed by atoms with Gasteiger partial charge >= 0.3 is 5.97 Å². The number of aromatic nitrogens is 2. The Balaban J connectivity index is 1.89. The number of hydrogen-bond donors (Lipinski definition) is 2. The third-order valence-electron chi connectivity index (χ3n) is 5.40. The summed E-state index contributed by atoms with van der Waals surface area (Å²) < 4.78 is 0. The molecular formula is C27H24N2O2. The molecule has 0 aliphatic rings. The average molecular weight is 409 g/mol. The Labute approximate surface area is 181 Å². The van der Waals surface area contributed by atoms with E-state index in [0.717, 1.165) is 40.1 Å². The van der Waals surface area contributed by atoms with Crippen LogP contribution in [-0.4, -0.2) is 21.3 Å². The number of aryl methyl sites for hydroxylation is 1. The number of nitrogens with one attached hydrogen (secondary N) is 1. The molecule has 1 aromatic heterocycles. The Bertz CT molecular complexity index is 1280. The van der Waals surface area contributed by atoms with Gasteiger partial charge in [-0.1, -0.05) is 67.1 Å². The number of carboxylic acid groups (broad SMARTS) is 1. The van der Waals surface area contributed by atoms with Crippen molar-refractivity contribution in [3.63, 3.8) is 0 Å². The van der Waals surface area contributed by atoms with E-state index in [1.807, 2.05) is 18.3 Å². The highest BCUT2D eigenvalue weighted by atomic mass is 16.4. The van der Waals surface area contributed by atoms with Gasteiger partial charge in [-0.2, -0.15) is 5.10 Å². The lowest BCUT2D eigenvalue weighted by Crippen LogP contribution is -1.95. The fourth-order valence-corrected chi connectivity index (χ4v) is 3.82.